The van der Waals surface area contributed by atoms with Gasteiger partial charge in [-0.3, -0.25) is 4.79 Å². The van der Waals surface area contributed by atoms with E-state index in [2.05, 4.69) is 5.10 Å². The first-order valence-corrected chi connectivity index (χ1v) is 7.13. The van der Waals surface area contributed by atoms with Crippen LogP contribution in [0, 0.1) is 0 Å². The van der Waals surface area contributed by atoms with Crippen LogP contribution in [0.5, 0.6) is 0 Å². The number of nitrogens with two attached hydrogens (primary N) is 1. The largest absolute Gasteiger partial charge is 0.330 e. The average molecular weight is 245 g/mol. The normalized spacial score (nSPS) is 28.6. The van der Waals surface area contributed by atoms with Gasteiger partial charge in [0.15, 0.2) is 9.84 Å². The molecule has 0 spiro atoms. The summed E-state index contributed by atoms with van der Waals surface area (Å²) in [7, 11) is -2.97. The lowest BCUT2D eigenvalue weighted by atomic mass is 10.2. The third kappa shape index (κ3) is 2.25. The number of rotatable bonds is 3. The van der Waals surface area contributed by atoms with Gasteiger partial charge < -0.3 is 5.73 Å². The van der Waals surface area contributed by atoms with Gasteiger partial charge in [-0.25, -0.2) is 13.4 Å². The van der Waals surface area contributed by atoms with Crippen LogP contribution in [0.15, 0.2) is 5.10 Å². The maximum atomic E-state index is 11.6. The van der Waals surface area contributed by atoms with E-state index >= 15 is 0 Å². The van der Waals surface area contributed by atoms with Crippen molar-refractivity contribution in [1.29, 1.82) is 0 Å². The molecule has 0 saturated carbocycles. The van der Waals surface area contributed by atoms with Crippen LogP contribution in [0.2, 0.25) is 0 Å². The highest BCUT2D eigenvalue weighted by Crippen LogP contribution is 2.22. The van der Waals surface area contributed by atoms with Crippen molar-refractivity contribution in [1.82, 2.24) is 5.01 Å². The topological polar surface area (TPSA) is 92.8 Å². The molecule has 2 rings (SSSR count). The molecule has 0 aromatic carbocycles. The molecule has 90 valence electrons. The van der Waals surface area contributed by atoms with Gasteiger partial charge in [0, 0.05) is 12.1 Å². The molecule has 1 fully saturated rings. The second kappa shape index (κ2) is 4.14. The van der Waals surface area contributed by atoms with E-state index in [1.807, 2.05) is 0 Å². The van der Waals surface area contributed by atoms with E-state index in [4.69, 9.17) is 5.73 Å². The molecular weight excluding hydrogens is 230 g/mol. The van der Waals surface area contributed by atoms with Gasteiger partial charge >= 0.3 is 0 Å². The van der Waals surface area contributed by atoms with Gasteiger partial charge in [-0.15, -0.1) is 0 Å². The fourth-order valence-electron chi connectivity index (χ4n) is 2.06. The van der Waals surface area contributed by atoms with Crippen molar-refractivity contribution in [3.8, 4) is 0 Å². The van der Waals surface area contributed by atoms with Gasteiger partial charge in [0.25, 0.3) is 0 Å². The molecule has 0 aromatic heterocycles. The number of sulfone groups is 1. The molecule has 1 saturated heterocycles. The fraction of sp³-hybridized carbons (Fsp3) is 0.778. The van der Waals surface area contributed by atoms with Gasteiger partial charge in [-0.05, 0) is 13.0 Å². The second-order valence-electron chi connectivity index (χ2n) is 4.18. The molecule has 7 heteroatoms. The number of nitrogens with zero attached hydrogens (tertiary/aromatic N) is 2. The van der Waals surface area contributed by atoms with Gasteiger partial charge in [-0.2, -0.15) is 5.10 Å². The Hall–Kier alpha value is -0.950. The predicted octanol–water partition coefficient (Wildman–Crippen LogP) is -0.889. The lowest BCUT2D eigenvalue weighted by Gasteiger charge is -2.17. The van der Waals surface area contributed by atoms with Crippen molar-refractivity contribution in [3.05, 3.63) is 0 Å². The van der Waals surface area contributed by atoms with Gasteiger partial charge in [0.2, 0.25) is 5.91 Å². The Bertz CT molecular complexity index is 429. The minimum Gasteiger partial charge on any atom is -0.330 e. The smallest absolute Gasteiger partial charge is 0.248 e. The summed E-state index contributed by atoms with van der Waals surface area (Å²) >= 11 is 0. The van der Waals surface area contributed by atoms with E-state index in [9.17, 15) is 13.2 Å². The summed E-state index contributed by atoms with van der Waals surface area (Å²) < 4.78 is 22.6. The Morgan fingerprint density at radius 1 is 1.50 bits per heavy atom. The molecule has 2 aliphatic rings. The average Bonchev–Trinajstić information content (AvgIpc) is 2.70. The summed E-state index contributed by atoms with van der Waals surface area (Å²) in [6.45, 7) is 0.461. The first kappa shape index (κ1) is 11.5. The van der Waals surface area contributed by atoms with E-state index in [0.717, 1.165) is 5.71 Å². The molecule has 1 atom stereocenters. The maximum absolute atomic E-state index is 11.6. The van der Waals surface area contributed by atoms with Crippen LogP contribution in [0.25, 0.3) is 0 Å². The number of carbonyl (C=O) groups excluding carboxylic acids is 1. The Kier molecular flexibility index (Phi) is 2.98. The Morgan fingerprint density at radius 2 is 2.25 bits per heavy atom. The van der Waals surface area contributed by atoms with Crippen molar-refractivity contribution < 1.29 is 13.2 Å². The van der Waals surface area contributed by atoms with Crippen LogP contribution < -0.4 is 5.73 Å². The molecule has 2 N–H and O–H groups in total. The molecule has 1 unspecified atom stereocenters. The second-order valence-corrected chi connectivity index (χ2v) is 6.41. The zero-order valence-corrected chi connectivity index (χ0v) is 9.74. The Balaban J connectivity index is 2.08. The molecule has 2 aliphatic heterocycles. The maximum Gasteiger partial charge on any atom is 0.248 e. The third-order valence-corrected chi connectivity index (χ3v) is 4.60. The zero-order chi connectivity index (χ0) is 11.8. The summed E-state index contributed by atoms with van der Waals surface area (Å²) in [5.41, 5.74) is 6.15. The molecule has 0 radical (unpaired) electrons. The van der Waals surface area contributed by atoms with Crippen molar-refractivity contribution >= 4 is 21.5 Å². The van der Waals surface area contributed by atoms with E-state index in [-0.39, 0.29) is 29.9 Å². The molecule has 0 bridgehead atoms. The van der Waals surface area contributed by atoms with E-state index < -0.39 is 9.84 Å². The minimum atomic E-state index is -2.97. The molecule has 0 aromatic rings. The summed E-state index contributed by atoms with van der Waals surface area (Å²) in [6.07, 6.45) is 1.38. The lowest BCUT2D eigenvalue weighted by Crippen LogP contribution is -2.33. The monoisotopic (exact) mass is 245 g/mol. The zero-order valence-electron chi connectivity index (χ0n) is 8.92. The predicted molar refractivity (Wildman–Crippen MR) is 59.6 cm³/mol. The van der Waals surface area contributed by atoms with Gasteiger partial charge in [0.1, 0.15) is 0 Å². The van der Waals surface area contributed by atoms with E-state index in [0.29, 0.717) is 19.4 Å². The van der Waals surface area contributed by atoms with Crippen LogP contribution in [-0.2, 0) is 14.6 Å². The summed E-state index contributed by atoms with van der Waals surface area (Å²) in [5, 5.41) is 5.51. The highest BCUT2D eigenvalue weighted by Gasteiger charge is 2.37. The van der Waals surface area contributed by atoms with Crippen LogP contribution >= 0.6 is 0 Å². The molecule has 2 heterocycles. The standard InChI is InChI=1S/C9H15N3O3S/c10-3-1-7-5-9(13)12(11-7)8-2-4-16(14,15)6-8/h8H,1-6,10H2. The number of hydrogen-bond acceptors (Lipinski definition) is 5. The van der Waals surface area contributed by atoms with Crippen molar-refractivity contribution in [2.24, 2.45) is 10.8 Å². The molecule has 6 nitrogen and oxygen atoms in total. The van der Waals surface area contributed by atoms with Crippen molar-refractivity contribution in [3.63, 3.8) is 0 Å². The Morgan fingerprint density at radius 3 is 2.81 bits per heavy atom. The number of hydrogen-bond donors (Lipinski definition) is 1. The van der Waals surface area contributed by atoms with Crippen molar-refractivity contribution in [2.75, 3.05) is 18.1 Å². The van der Waals surface area contributed by atoms with Crippen LogP contribution in [0.3, 0.4) is 0 Å². The SMILES string of the molecule is NCCC1=NN(C2CCS(=O)(=O)C2)C(=O)C1. The van der Waals surface area contributed by atoms with Crippen LogP contribution in [-0.4, -0.2) is 49.1 Å². The first-order chi connectivity index (χ1) is 7.52. The number of carbonyl (C=O) groups is 1. The van der Waals surface area contributed by atoms with Crippen molar-refractivity contribution in [2.45, 2.75) is 25.3 Å². The van der Waals surface area contributed by atoms with Gasteiger partial charge in [0.05, 0.1) is 24.0 Å². The van der Waals surface area contributed by atoms with Crippen LogP contribution in [0.4, 0.5) is 0 Å². The molecule has 0 aliphatic carbocycles. The fourth-order valence-corrected chi connectivity index (χ4v) is 3.75. The number of hydrazone groups is 1. The highest BCUT2D eigenvalue weighted by molar-refractivity contribution is 7.91. The minimum absolute atomic E-state index is 0.0398. The molecular formula is C9H15N3O3S. The van der Waals surface area contributed by atoms with E-state index in [1.165, 1.54) is 5.01 Å². The summed E-state index contributed by atoms with van der Waals surface area (Å²) in [5.74, 6) is 0.0898. The lowest BCUT2D eigenvalue weighted by molar-refractivity contribution is -0.130. The number of amides is 1. The summed E-state index contributed by atoms with van der Waals surface area (Å²) in [4.78, 5) is 11.6. The van der Waals surface area contributed by atoms with Crippen LogP contribution in [0.1, 0.15) is 19.3 Å². The Labute approximate surface area is 94.4 Å². The van der Waals surface area contributed by atoms with Gasteiger partial charge in [-0.1, -0.05) is 0 Å². The molecule has 16 heavy (non-hydrogen) atoms. The summed E-state index contributed by atoms with van der Waals surface area (Å²) in [6, 6.07) is -0.271. The third-order valence-electron chi connectivity index (χ3n) is 2.85. The highest BCUT2D eigenvalue weighted by atomic mass is 32.2. The first-order valence-electron chi connectivity index (χ1n) is 5.31. The quantitative estimate of drug-likeness (QED) is 0.698. The molecule has 1 amide bonds. The van der Waals surface area contributed by atoms with E-state index in [1.54, 1.807) is 0 Å².